The van der Waals surface area contributed by atoms with Gasteiger partial charge in [0.2, 0.25) is 11.8 Å². The summed E-state index contributed by atoms with van der Waals surface area (Å²) in [6.45, 7) is 1.28. The Balaban J connectivity index is 1.19. The van der Waals surface area contributed by atoms with Crippen molar-refractivity contribution in [3.05, 3.63) is 82.0 Å². The van der Waals surface area contributed by atoms with Crippen molar-refractivity contribution in [2.45, 2.75) is 19.5 Å². The number of nitrogens with one attached hydrogen (secondary N) is 1. The Morgan fingerprint density at radius 2 is 2.00 bits per heavy atom. The number of carbonyl (C=O) groups is 2. The predicted molar refractivity (Wildman–Crippen MR) is 139 cm³/mol. The molecule has 0 bridgehead atoms. The smallest absolute Gasteiger partial charge is 0.264 e. The highest BCUT2D eigenvalue weighted by atomic mass is 35.5. The molecule has 3 heterocycles. The van der Waals surface area contributed by atoms with Gasteiger partial charge in [-0.05, 0) is 42.0 Å². The summed E-state index contributed by atoms with van der Waals surface area (Å²) in [7, 11) is 1.58. The maximum Gasteiger partial charge on any atom is 0.264 e. The number of hydrogen-bond donors (Lipinski definition) is 1. The van der Waals surface area contributed by atoms with Crippen LogP contribution in [-0.4, -0.2) is 51.3 Å². The Labute approximate surface area is 217 Å². The highest BCUT2D eigenvalue weighted by molar-refractivity contribution is 6.30. The topological polar surface area (TPSA) is 111 Å². The Morgan fingerprint density at radius 3 is 2.76 bits per heavy atom. The molecule has 1 saturated heterocycles. The lowest BCUT2D eigenvalue weighted by Crippen LogP contribution is -2.35. The van der Waals surface area contributed by atoms with Gasteiger partial charge in [0.25, 0.3) is 5.56 Å². The quantitative estimate of drug-likeness (QED) is 0.382. The van der Waals surface area contributed by atoms with Crippen LogP contribution < -0.4 is 20.5 Å². The Morgan fingerprint density at radius 1 is 1.19 bits per heavy atom. The molecule has 1 N–H and O–H groups in total. The first-order valence-electron chi connectivity index (χ1n) is 11.8. The van der Waals surface area contributed by atoms with Crippen LogP contribution in [0.15, 0.2) is 65.8 Å². The van der Waals surface area contributed by atoms with E-state index in [4.69, 9.17) is 16.3 Å². The number of methoxy groups -OCH3 is 1. The zero-order valence-corrected chi connectivity index (χ0v) is 20.9. The number of aromatic nitrogens is 4. The lowest BCUT2D eigenvalue weighted by atomic mass is 10.1. The van der Waals surface area contributed by atoms with E-state index in [1.807, 2.05) is 12.1 Å². The van der Waals surface area contributed by atoms with Crippen molar-refractivity contribution in [3.8, 4) is 5.75 Å². The molecule has 2 aromatic carbocycles. The maximum atomic E-state index is 12.9. The van der Waals surface area contributed by atoms with Crippen molar-refractivity contribution in [2.75, 3.05) is 25.1 Å². The molecule has 4 aromatic rings. The van der Waals surface area contributed by atoms with E-state index in [1.165, 1.54) is 17.1 Å². The average Bonchev–Trinajstić information content (AvgIpc) is 3.50. The van der Waals surface area contributed by atoms with E-state index >= 15 is 0 Å². The molecule has 0 aliphatic carbocycles. The van der Waals surface area contributed by atoms with Gasteiger partial charge >= 0.3 is 0 Å². The van der Waals surface area contributed by atoms with E-state index < -0.39 is 5.92 Å². The van der Waals surface area contributed by atoms with Gasteiger partial charge in [-0.2, -0.15) is 5.10 Å². The molecule has 11 heteroatoms. The molecular weight excluding hydrogens is 496 g/mol. The van der Waals surface area contributed by atoms with E-state index in [-0.39, 0.29) is 30.3 Å². The molecule has 10 nitrogen and oxygen atoms in total. The van der Waals surface area contributed by atoms with Crippen LogP contribution in [-0.2, 0) is 22.7 Å². The molecule has 2 amide bonds. The van der Waals surface area contributed by atoms with Crippen LogP contribution in [0.1, 0.15) is 12.0 Å². The monoisotopic (exact) mass is 520 g/mol. The largest absolute Gasteiger partial charge is 0.497 e. The van der Waals surface area contributed by atoms with Crippen molar-refractivity contribution in [2.24, 2.45) is 5.92 Å². The fourth-order valence-corrected chi connectivity index (χ4v) is 4.64. The van der Waals surface area contributed by atoms with Crippen LogP contribution in [0.25, 0.3) is 11.0 Å². The number of carbonyl (C=O) groups excluding carboxylic acids is 2. The second kappa shape index (κ2) is 10.4. The van der Waals surface area contributed by atoms with Crippen LogP contribution in [0.4, 0.5) is 5.69 Å². The lowest BCUT2D eigenvalue weighted by molar-refractivity contribution is -0.126. The van der Waals surface area contributed by atoms with Gasteiger partial charge in [0.05, 0.1) is 32.3 Å². The predicted octanol–water partition coefficient (Wildman–Crippen LogP) is 2.47. The van der Waals surface area contributed by atoms with Crippen LogP contribution >= 0.6 is 11.6 Å². The first-order valence-corrected chi connectivity index (χ1v) is 12.2. The van der Waals surface area contributed by atoms with Crippen molar-refractivity contribution < 1.29 is 14.3 Å². The van der Waals surface area contributed by atoms with E-state index in [1.54, 1.807) is 53.1 Å². The Hall–Kier alpha value is -4.18. The molecule has 5 rings (SSSR count). The van der Waals surface area contributed by atoms with Gasteiger partial charge in [-0.3, -0.25) is 19.0 Å². The number of ether oxygens (including phenoxy) is 1. The molecule has 1 aliphatic heterocycles. The van der Waals surface area contributed by atoms with Gasteiger partial charge in [-0.1, -0.05) is 23.7 Å². The zero-order valence-electron chi connectivity index (χ0n) is 20.1. The van der Waals surface area contributed by atoms with E-state index in [0.29, 0.717) is 41.4 Å². The molecule has 1 aliphatic rings. The number of halogens is 1. The first kappa shape index (κ1) is 24.5. The van der Waals surface area contributed by atoms with Crippen LogP contribution in [0, 0.1) is 5.92 Å². The molecule has 1 atom stereocenters. The summed E-state index contributed by atoms with van der Waals surface area (Å²) in [5.41, 5.74) is 1.87. The van der Waals surface area contributed by atoms with Gasteiger partial charge in [-0.25, -0.2) is 9.67 Å². The minimum Gasteiger partial charge on any atom is -0.497 e. The van der Waals surface area contributed by atoms with Crippen molar-refractivity contribution >= 4 is 40.1 Å². The normalized spacial score (nSPS) is 15.4. The Bertz CT molecular complexity index is 1510. The minimum atomic E-state index is -0.444. The summed E-state index contributed by atoms with van der Waals surface area (Å²) in [5, 5.41) is 8.16. The third kappa shape index (κ3) is 5.19. The van der Waals surface area contributed by atoms with Crippen LogP contribution in [0.5, 0.6) is 5.75 Å². The van der Waals surface area contributed by atoms with Crippen molar-refractivity contribution in [1.82, 2.24) is 24.6 Å². The van der Waals surface area contributed by atoms with Crippen LogP contribution in [0.2, 0.25) is 5.02 Å². The summed E-state index contributed by atoms with van der Waals surface area (Å²) in [5.74, 6) is -0.0366. The second-order valence-electron chi connectivity index (χ2n) is 8.81. The van der Waals surface area contributed by atoms with Crippen molar-refractivity contribution in [1.29, 1.82) is 0 Å². The van der Waals surface area contributed by atoms with E-state index in [0.717, 1.165) is 11.3 Å². The summed E-state index contributed by atoms with van der Waals surface area (Å²) >= 11 is 6.04. The van der Waals surface area contributed by atoms with Crippen LogP contribution in [0.3, 0.4) is 0 Å². The van der Waals surface area contributed by atoms with Gasteiger partial charge in [0.1, 0.15) is 17.5 Å². The molecule has 37 heavy (non-hydrogen) atoms. The Kier molecular flexibility index (Phi) is 6.91. The van der Waals surface area contributed by atoms with Gasteiger partial charge in [-0.15, -0.1) is 0 Å². The van der Waals surface area contributed by atoms with Gasteiger partial charge < -0.3 is 15.0 Å². The number of hydrogen-bond acceptors (Lipinski definition) is 6. The number of nitrogens with zero attached hydrogens (tertiary/aromatic N) is 5. The highest BCUT2D eigenvalue weighted by Crippen LogP contribution is 2.27. The average molecular weight is 521 g/mol. The SMILES string of the molecule is COc1ccc(N2CC(C(=O)NCCn3ncc4c(=O)n(Cc5cccc(Cl)c5)cnc43)CC2=O)cc1. The molecule has 1 unspecified atom stereocenters. The van der Waals surface area contributed by atoms with Gasteiger partial charge in [0, 0.05) is 30.2 Å². The molecule has 2 aromatic heterocycles. The number of amides is 2. The number of anilines is 1. The zero-order chi connectivity index (χ0) is 25.9. The first-order chi connectivity index (χ1) is 17.9. The molecular formula is C26H25ClN6O4. The molecule has 0 spiro atoms. The second-order valence-corrected chi connectivity index (χ2v) is 9.24. The summed E-state index contributed by atoms with van der Waals surface area (Å²) in [6, 6.07) is 14.5. The highest BCUT2D eigenvalue weighted by Gasteiger charge is 2.35. The summed E-state index contributed by atoms with van der Waals surface area (Å²) in [6.07, 6.45) is 3.12. The van der Waals surface area contributed by atoms with Crippen molar-refractivity contribution in [3.63, 3.8) is 0 Å². The van der Waals surface area contributed by atoms with E-state index in [2.05, 4.69) is 15.4 Å². The maximum absolute atomic E-state index is 12.9. The van der Waals surface area contributed by atoms with Gasteiger partial charge in [0.15, 0.2) is 5.65 Å². The summed E-state index contributed by atoms with van der Waals surface area (Å²) in [4.78, 5) is 44.2. The number of benzene rings is 2. The third-order valence-electron chi connectivity index (χ3n) is 6.37. The third-order valence-corrected chi connectivity index (χ3v) is 6.60. The number of rotatable bonds is 8. The molecule has 1 fully saturated rings. The number of fused-ring (bicyclic) bond motifs is 1. The molecule has 190 valence electrons. The molecule has 0 radical (unpaired) electrons. The van der Waals surface area contributed by atoms with E-state index in [9.17, 15) is 14.4 Å². The minimum absolute atomic E-state index is 0.0957. The fraction of sp³-hybridized carbons (Fsp3) is 0.269. The molecule has 0 saturated carbocycles. The standard InChI is InChI=1S/C26H25ClN6O4/c1-37-21-7-5-20(6-8-21)32-15-18(12-23(32)34)25(35)28-9-10-33-24-22(13-30-33)26(36)31(16-29-24)14-17-3-2-4-19(27)11-17/h2-8,11,13,16,18H,9-10,12,14-15H2,1H3,(H,28,35). The fourth-order valence-electron chi connectivity index (χ4n) is 4.43. The summed E-state index contributed by atoms with van der Waals surface area (Å²) < 4.78 is 8.25. The lowest BCUT2D eigenvalue weighted by Gasteiger charge is -2.17.